The minimum Gasteiger partial charge on any atom is -0.202 e. The summed E-state index contributed by atoms with van der Waals surface area (Å²) in [5, 5.41) is 3.08. The van der Waals surface area contributed by atoms with Gasteiger partial charge in [0, 0.05) is 31.5 Å². The molecule has 0 aromatic heterocycles. The standard InChI is InChI=1S/C18H42N3P3S6/c1-13(2)25-22(26-14(3)4)19-23(27-15(5)6,28-16(7)8)21-24(20-22,29-17(9)10)30-18(11)12/h13-18H,1-12H3. The van der Waals surface area contributed by atoms with Crippen LogP contribution < -0.4 is 0 Å². The van der Waals surface area contributed by atoms with E-state index in [4.69, 9.17) is 13.5 Å². The Morgan fingerprint density at radius 1 is 0.333 bits per heavy atom. The average Bonchev–Trinajstić information content (AvgIpc) is 2.39. The van der Waals surface area contributed by atoms with Gasteiger partial charge in [0.2, 0.25) is 0 Å². The zero-order valence-corrected chi connectivity index (χ0v) is 28.2. The molecule has 0 bridgehead atoms. The van der Waals surface area contributed by atoms with Gasteiger partial charge in [-0.05, 0) is 0 Å². The predicted octanol–water partition coefficient (Wildman–Crippen LogP) is 12.7. The number of hydrogen-bond acceptors (Lipinski definition) is 9. The summed E-state index contributed by atoms with van der Waals surface area (Å²) in [6.45, 7) is 27.7. The van der Waals surface area contributed by atoms with Crippen molar-refractivity contribution in [2.75, 3.05) is 0 Å². The summed E-state index contributed by atoms with van der Waals surface area (Å²) in [7, 11) is 0. The van der Waals surface area contributed by atoms with Crippen LogP contribution in [0.2, 0.25) is 0 Å². The molecule has 1 aliphatic rings. The second kappa shape index (κ2) is 13.2. The summed E-state index contributed by atoms with van der Waals surface area (Å²) in [6, 6.07) is 0. The highest BCUT2D eigenvalue weighted by molar-refractivity contribution is 9.00. The molecule has 0 saturated carbocycles. The molecule has 12 heteroatoms. The summed E-state index contributed by atoms with van der Waals surface area (Å²) in [4.78, 5) is 0. The Kier molecular flexibility index (Phi) is 13.6. The van der Waals surface area contributed by atoms with Crippen molar-refractivity contribution in [1.29, 1.82) is 0 Å². The van der Waals surface area contributed by atoms with Gasteiger partial charge in [0.1, 0.15) is 0 Å². The number of rotatable bonds is 12. The minimum absolute atomic E-state index is 0.514. The largest absolute Gasteiger partial charge is 0.202 e. The first-order valence-corrected chi connectivity index (χ1v) is 24.6. The van der Waals surface area contributed by atoms with Crippen LogP contribution in [-0.2, 0) is 0 Å². The predicted molar refractivity (Wildman–Crippen MR) is 164 cm³/mol. The monoisotopic (exact) mass is 585 g/mol. The highest BCUT2D eigenvalue weighted by Crippen LogP contribution is 2.97. The molecule has 1 heterocycles. The fourth-order valence-corrected chi connectivity index (χ4v) is 54.7. The topological polar surface area (TPSA) is 37.1 Å². The molecule has 0 amide bonds. The normalized spacial score (nSPS) is 20.2. The van der Waals surface area contributed by atoms with Crippen molar-refractivity contribution in [2.45, 2.75) is 115 Å². The molecule has 0 fully saturated rings. The molecule has 0 radical (unpaired) electrons. The molecule has 0 unspecified atom stereocenters. The molecule has 0 saturated heterocycles. The zero-order chi connectivity index (χ0) is 23.3. The maximum Gasteiger partial charge on any atom is 0.191 e. The molecule has 0 aromatic carbocycles. The Morgan fingerprint density at radius 3 is 0.567 bits per heavy atom. The van der Waals surface area contributed by atoms with Crippen LogP contribution in [0.4, 0.5) is 0 Å². The highest BCUT2D eigenvalue weighted by atomic mass is 33.1. The molecule has 0 atom stereocenters. The van der Waals surface area contributed by atoms with Crippen molar-refractivity contribution in [2.24, 2.45) is 13.5 Å². The minimum atomic E-state index is -1.97. The maximum atomic E-state index is 5.76. The van der Waals surface area contributed by atoms with Crippen molar-refractivity contribution in [1.82, 2.24) is 0 Å². The average molecular weight is 586 g/mol. The van der Waals surface area contributed by atoms with E-state index in [1.54, 1.807) is 0 Å². The first kappa shape index (κ1) is 30.8. The second-order valence-corrected chi connectivity index (χ2v) is 35.7. The zero-order valence-electron chi connectivity index (χ0n) is 20.6. The maximum absolute atomic E-state index is 5.76. The van der Waals surface area contributed by atoms with E-state index in [1.807, 2.05) is 68.3 Å². The Bertz CT molecular complexity index is 566. The second-order valence-electron chi connectivity index (χ2n) is 8.67. The summed E-state index contributed by atoms with van der Waals surface area (Å²) in [6.07, 6.45) is 0. The lowest BCUT2D eigenvalue weighted by Crippen LogP contribution is -1.96. The van der Waals surface area contributed by atoms with E-state index in [9.17, 15) is 0 Å². The van der Waals surface area contributed by atoms with E-state index in [0.717, 1.165) is 0 Å². The van der Waals surface area contributed by atoms with Crippen molar-refractivity contribution >= 4 is 85.1 Å². The van der Waals surface area contributed by atoms with Crippen LogP contribution in [0.1, 0.15) is 83.1 Å². The van der Waals surface area contributed by atoms with Crippen LogP contribution in [0, 0.1) is 0 Å². The van der Waals surface area contributed by atoms with Gasteiger partial charge in [-0.3, -0.25) is 0 Å². The van der Waals surface area contributed by atoms with Crippen molar-refractivity contribution in [3.8, 4) is 0 Å². The van der Waals surface area contributed by atoms with E-state index < -0.39 is 16.8 Å². The van der Waals surface area contributed by atoms with E-state index >= 15 is 0 Å². The van der Waals surface area contributed by atoms with Crippen LogP contribution >= 0.6 is 85.1 Å². The molecule has 1 aliphatic heterocycles. The molecule has 3 nitrogen and oxygen atoms in total. The van der Waals surface area contributed by atoms with Crippen LogP contribution in [0.5, 0.6) is 0 Å². The SMILES string of the molecule is CC(C)SP1(SC(C)C)=NP(SC(C)C)(SC(C)C)=NP(SC(C)C)(SC(C)C)=N1. The first-order valence-electron chi connectivity index (χ1n) is 10.6. The van der Waals surface area contributed by atoms with Gasteiger partial charge in [-0.15, -0.1) is 0 Å². The fraction of sp³-hybridized carbons (Fsp3) is 1.00. The van der Waals surface area contributed by atoms with Gasteiger partial charge in [0.05, 0.1) is 0 Å². The van der Waals surface area contributed by atoms with Crippen molar-refractivity contribution in [3.05, 3.63) is 0 Å². The smallest absolute Gasteiger partial charge is 0.191 e. The quantitative estimate of drug-likeness (QED) is 0.212. The highest BCUT2D eigenvalue weighted by Gasteiger charge is 2.41. The summed E-state index contributed by atoms with van der Waals surface area (Å²) >= 11 is 12.3. The Morgan fingerprint density at radius 2 is 0.467 bits per heavy atom. The molecule has 0 spiro atoms. The number of hydrogen-bond donors (Lipinski definition) is 0. The van der Waals surface area contributed by atoms with Gasteiger partial charge >= 0.3 is 0 Å². The van der Waals surface area contributed by atoms with Crippen molar-refractivity contribution < 1.29 is 0 Å². The van der Waals surface area contributed by atoms with E-state index in [0.29, 0.717) is 31.5 Å². The van der Waals surface area contributed by atoms with Gasteiger partial charge in [-0.25, -0.2) is 13.5 Å². The summed E-state index contributed by atoms with van der Waals surface area (Å²) < 4.78 is 17.3. The van der Waals surface area contributed by atoms with Crippen molar-refractivity contribution in [3.63, 3.8) is 0 Å². The van der Waals surface area contributed by atoms with Gasteiger partial charge in [-0.2, -0.15) is 0 Å². The Hall–Kier alpha value is 2.79. The van der Waals surface area contributed by atoms with E-state index in [1.165, 1.54) is 0 Å². The fourth-order valence-electron chi connectivity index (χ4n) is 2.46. The van der Waals surface area contributed by atoms with Gasteiger partial charge in [0.25, 0.3) is 0 Å². The lowest BCUT2D eigenvalue weighted by Gasteiger charge is -2.37. The lowest BCUT2D eigenvalue weighted by molar-refractivity contribution is 1.12. The Balaban J connectivity index is 4.00. The van der Waals surface area contributed by atoms with Crippen LogP contribution in [-0.4, -0.2) is 31.5 Å². The summed E-state index contributed by atoms with van der Waals surface area (Å²) in [5.74, 6) is 0. The molecule has 180 valence electrons. The van der Waals surface area contributed by atoms with Crippen LogP contribution in [0.3, 0.4) is 0 Å². The molecule has 0 N–H and O–H groups in total. The molecular formula is C18H42N3P3S6. The summed E-state index contributed by atoms with van der Waals surface area (Å²) in [5.41, 5.74) is -5.90. The third-order valence-electron chi connectivity index (χ3n) is 2.77. The van der Waals surface area contributed by atoms with Gasteiger partial charge < -0.3 is 0 Å². The van der Waals surface area contributed by atoms with Gasteiger partial charge in [0.15, 0.2) is 16.8 Å². The molecule has 1 rings (SSSR count). The third kappa shape index (κ3) is 10.6. The van der Waals surface area contributed by atoms with Crippen LogP contribution in [0.25, 0.3) is 0 Å². The molecule has 0 aliphatic carbocycles. The Labute approximate surface area is 211 Å². The van der Waals surface area contributed by atoms with Crippen LogP contribution in [0.15, 0.2) is 13.5 Å². The molecule has 0 aromatic rings. The third-order valence-corrected chi connectivity index (χ3v) is 37.4. The van der Waals surface area contributed by atoms with E-state index in [2.05, 4.69) is 83.1 Å². The number of nitrogens with zero attached hydrogens (tertiary/aromatic N) is 3. The first-order chi connectivity index (χ1) is 13.6. The molecule has 30 heavy (non-hydrogen) atoms. The molecular weight excluding hydrogens is 544 g/mol. The van der Waals surface area contributed by atoms with E-state index in [-0.39, 0.29) is 0 Å². The van der Waals surface area contributed by atoms with Gasteiger partial charge in [-0.1, -0.05) is 151 Å². The lowest BCUT2D eigenvalue weighted by atomic mass is 10.6.